The highest BCUT2D eigenvalue weighted by Crippen LogP contribution is 1.94. The van der Waals surface area contributed by atoms with Crippen LogP contribution in [0.2, 0.25) is 0 Å². The lowest BCUT2D eigenvalue weighted by Gasteiger charge is -2.06. The van der Waals surface area contributed by atoms with Crippen molar-refractivity contribution in [2.75, 3.05) is 53.2 Å². The molecule has 4 nitrogen and oxygen atoms in total. The summed E-state index contributed by atoms with van der Waals surface area (Å²) in [6.07, 6.45) is 7.54. The highest BCUT2D eigenvalue weighted by atomic mass is 16.5. The molecule has 0 aromatic rings. The molecule has 0 aliphatic heterocycles. The molecule has 0 rings (SSSR count). The number of hydrogen-bond donors (Lipinski definition) is 1. The number of ether oxygens (including phenoxy) is 3. The Morgan fingerprint density at radius 1 is 0.833 bits per heavy atom. The number of nitrogens with one attached hydrogen (secondary N) is 1. The third kappa shape index (κ3) is 15.6. The van der Waals surface area contributed by atoms with Crippen LogP contribution in [0.1, 0.15) is 26.2 Å². The third-order valence-electron chi connectivity index (χ3n) is 2.41. The van der Waals surface area contributed by atoms with Gasteiger partial charge in [0.25, 0.3) is 0 Å². The highest BCUT2D eigenvalue weighted by molar-refractivity contribution is 4.75. The standard InChI is InChI=1S/C14H29NO3/c1-3-4-9-16-11-13-18-14-12-17-10-7-5-6-8-15-2/h3-4,15H,5-14H2,1-2H3/b4-3+. The molecule has 0 aliphatic rings. The molecule has 0 heterocycles. The van der Waals surface area contributed by atoms with E-state index in [2.05, 4.69) is 5.32 Å². The van der Waals surface area contributed by atoms with Crippen LogP contribution in [0.5, 0.6) is 0 Å². The van der Waals surface area contributed by atoms with Crippen molar-refractivity contribution in [3.63, 3.8) is 0 Å². The van der Waals surface area contributed by atoms with Crippen LogP contribution in [0.15, 0.2) is 12.2 Å². The smallest absolute Gasteiger partial charge is 0.0704 e. The lowest BCUT2D eigenvalue weighted by Crippen LogP contribution is -2.10. The first-order valence-electron chi connectivity index (χ1n) is 6.90. The Balaban J connectivity index is 2.90. The maximum Gasteiger partial charge on any atom is 0.0704 e. The van der Waals surface area contributed by atoms with Crippen molar-refractivity contribution < 1.29 is 14.2 Å². The minimum atomic E-state index is 0.642. The summed E-state index contributed by atoms with van der Waals surface area (Å²) in [5.74, 6) is 0. The van der Waals surface area contributed by atoms with Crippen LogP contribution in [0.25, 0.3) is 0 Å². The molecule has 18 heavy (non-hydrogen) atoms. The van der Waals surface area contributed by atoms with Gasteiger partial charge < -0.3 is 19.5 Å². The largest absolute Gasteiger partial charge is 0.379 e. The van der Waals surface area contributed by atoms with Gasteiger partial charge in [0.2, 0.25) is 0 Å². The van der Waals surface area contributed by atoms with Crippen molar-refractivity contribution in [1.82, 2.24) is 5.32 Å². The molecule has 0 amide bonds. The predicted molar refractivity (Wildman–Crippen MR) is 75.0 cm³/mol. The fourth-order valence-electron chi connectivity index (χ4n) is 1.37. The van der Waals surface area contributed by atoms with Crippen LogP contribution < -0.4 is 5.32 Å². The quantitative estimate of drug-likeness (QED) is 0.382. The van der Waals surface area contributed by atoms with E-state index in [4.69, 9.17) is 14.2 Å². The maximum absolute atomic E-state index is 5.46. The van der Waals surface area contributed by atoms with Gasteiger partial charge in [0.05, 0.1) is 33.0 Å². The summed E-state index contributed by atoms with van der Waals surface area (Å²) in [5, 5.41) is 3.13. The summed E-state index contributed by atoms with van der Waals surface area (Å²) < 4.78 is 16.1. The lowest BCUT2D eigenvalue weighted by atomic mass is 10.2. The summed E-state index contributed by atoms with van der Waals surface area (Å²) in [7, 11) is 1.98. The Hall–Kier alpha value is -0.420. The average Bonchev–Trinajstić information content (AvgIpc) is 2.39. The molecule has 0 bridgehead atoms. The van der Waals surface area contributed by atoms with Crippen LogP contribution in [-0.4, -0.2) is 53.2 Å². The molecule has 0 spiro atoms. The second-order valence-corrected chi connectivity index (χ2v) is 4.03. The Labute approximate surface area is 112 Å². The monoisotopic (exact) mass is 259 g/mol. The SMILES string of the molecule is C/C=C/COCCOCCOCCCCCNC. The zero-order valence-corrected chi connectivity index (χ0v) is 12.0. The van der Waals surface area contributed by atoms with Crippen LogP contribution in [0, 0.1) is 0 Å². The van der Waals surface area contributed by atoms with Gasteiger partial charge >= 0.3 is 0 Å². The topological polar surface area (TPSA) is 39.7 Å². The van der Waals surface area contributed by atoms with Crippen molar-refractivity contribution in [3.05, 3.63) is 12.2 Å². The fraction of sp³-hybridized carbons (Fsp3) is 0.857. The minimum absolute atomic E-state index is 0.642. The van der Waals surface area contributed by atoms with Crippen LogP contribution in [0.3, 0.4) is 0 Å². The van der Waals surface area contributed by atoms with Crippen molar-refractivity contribution >= 4 is 0 Å². The second kappa shape index (κ2) is 16.6. The summed E-state index contributed by atoms with van der Waals surface area (Å²) in [6.45, 7) is 7.21. The van der Waals surface area contributed by atoms with Gasteiger partial charge in [0.1, 0.15) is 0 Å². The first-order chi connectivity index (χ1) is 8.91. The molecular formula is C14H29NO3. The summed E-state index contributed by atoms with van der Waals surface area (Å²) in [6, 6.07) is 0. The van der Waals surface area contributed by atoms with Crippen LogP contribution in [0.4, 0.5) is 0 Å². The second-order valence-electron chi connectivity index (χ2n) is 4.03. The third-order valence-corrected chi connectivity index (χ3v) is 2.41. The van der Waals surface area contributed by atoms with E-state index in [1.54, 1.807) is 0 Å². The molecule has 0 aliphatic carbocycles. The molecule has 0 aromatic heterocycles. The van der Waals surface area contributed by atoms with E-state index >= 15 is 0 Å². The normalized spacial score (nSPS) is 11.4. The average molecular weight is 259 g/mol. The lowest BCUT2D eigenvalue weighted by molar-refractivity contribution is 0.0187. The summed E-state index contributed by atoms with van der Waals surface area (Å²) >= 11 is 0. The molecule has 0 unspecified atom stereocenters. The first-order valence-corrected chi connectivity index (χ1v) is 6.90. The van der Waals surface area contributed by atoms with E-state index < -0.39 is 0 Å². The molecule has 0 radical (unpaired) electrons. The van der Waals surface area contributed by atoms with E-state index in [-0.39, 0.29) is 0 Å². The van der Waals surface area contributed by atoms with Crippen molar-refractivity contribution in [2.24, 2.45) is 0 Å². The van der Waals surface area contributed by atoms with E-state index in [9.17, 15) is 0 Å². The van der Waals surface area contributed by atoms with E-state index in [1.807, 2.05) is 26.1 Å². The van der Waals surface area contributed by atoms with Gasteiger partial charge in [0, 0.05) is 6.61 Å². The van der Waals surface area contributed by atoms with E-state index in [1.165, 1.54) is 12.8 Å². The molecule has 108 valence electrons. The van der Waals surface area contributed by atoms with Gasteiger partial charge in [0.15, 0.2) is 0 Å². The zero-order valence-electron chi connectivity index (χ0n) is 12.0. The fourth-order valence-corrected chi connectivity index (χ4v) is 1.37. The van der Waals surface area contributed by atoms with Gasteiger partial charge in [-0.2, -0.15) is 0 Å². The molecule has 0 atom stereocenters. The van der Waals surface area contributed by atoms with E-state index in [0.717, 1.165) is 19.6 Å². The molecule has 0 saturated heterocycles. The molecule has 0 saturated carbocycles. The van der Waals surface area contributed by atoms with Gasteiger partial charge in [-0.1, -0.05) is 12.2 Å². The van der Waals surface area contributed by atoms with Crippen molar-refractivity contribution in [1.29, 1.82) is 0 Å². The Morgan fingerprint density at radius 2 is 1.50 bits per heavy atom. The van der Waals surface area contributed by atoms with Gasteiger partial charge in [-0.25, -0.2) is 0 Å². The van der Waals surface area contributed by atoms with Gasteiger partial charge in [-0.05, 0) is 39.8 Å². The highest BCUT2D eigenvalue weighted by Gasteiger charge is 1.92. The zero-order chi connectivity index (χ0) is 13.3. The Morgan fingerprint density at radius 3 is 2.17 bits per heavy atom. The molecule has 1 N–H and O–H groups in total. The Bertz CT molecular complexity index is 174. The summed E-state index contributed by atoms with van der Waals surface area (Å²) in [5.41, 5.74) is 0. The van der Waals surface area contributed by atoms with Gasteiger partial charge in [-0.3, -0.25) is 0 Å². The molecule has 0 fully saturated rings. The number of hydrogen-bond acceptors (Lipinski definition) is 4. The maximum atomic E-state index is 5.46. The first kappa shape index (κ1) is 17.6. The molecule has 0 aromatic carbocycles. The number of allylic oxidation sites excluding steroid dienone is 1. The minimum Gasteiger partial charge on any atom is -0.379 e. The van der Waals surface area contributed by atoms with Crippen LogP contribution in [-0.2, 0) is 14.2 Å². The summed E-state index contributed by atoms with van der Waals surface area (Å²) in [4.78, 5) is 0. The molecular weight excluding hydrogens is 230 g/mol. The van der Waals surface area contributed by atoms with Crippen molar-refractivity contribution in [2.45, 2.75) is 26.2 Å². The predicted octanol–water partition coefficient (Wildman–Crippen LogP) is 2.00. The van der Waals surface area contributed by atoms with E-state index in [0.29, 0.717) is 33.0 Å². The van der Waals surface area contributed by atoms with Gasteiger partial charge in [-0.15, -0.1) is 0 Å². The Kier molecular flexibility index (Phi) is 16.2. The molecule has 4 heteroatoms. The number of rotatable bonds is 14. The van der Waals surface area contributed by atoms with Crippen LogP contribution >= 0.6 is 0 Å². The number of unbranched alkanes of at least 4 members (excludes halogenated alkanes) is 2. The van der Waals surface area contributed by atoms with Crippen molar-refractivity contribution in [3.8, 4) is 0 Å².